The van der Waals surface area contributed by atoms with Crippen LogP contribution < -0.4 is 5.32 Å². The topological polar surface area (TPSA) is 66.5 Å². The highest BCUT2D eigenvalue weighted by Crippen LogP contribution is 2.44. The Labute approximate surface area is 128 Å². The van der Waals surface area contributed by atoms with Gasteiger partial charge in [0.2, 0.25) is 11.8 Å². The first kappa shape index (κ1) is 13.8. The van der Waals surface area contributed by atoms with Crippen molar-refractivity contribution in [2.75, 3.05) is 6.54 Å². The molecule has 1 aromatic rings. The molecule has 1 N–H and O–H groups in total. The Morgan fingerprint density at radius 2 is 2.05 bits per heavy atom. The number of carbonyl (C=O) groups excluding carboxylic acids is 3. The highest BCUT2D eigenvalue weighted by Gasteiger charge is 2.57. The molecule has 1 aliphatic heterocycles. The normalized spacial score (nSPS) is 21.1. The summed E-state index contributed by atoms with van der Waals surface area (Å²) >= 11 is 4.96. The molecule has 20 heavy (non-hydrogen) atoms. The van der Waals surface area contributed by atoms with Gasteiger partial charge in [-0.05, 0) is 40.9 Å². The summed E-state index contributed by atoms with van der Waals surface area (Å²) in [6.07, 6.45) is 2.57. The zero-order valence-corrected chi connectivity index (χ0v) is 13.1. The standard InChI is InChI=1S/C13H13BrN2O3S/c14-9-3-2-8(20-9)4-7-16-11(18)13(5-1-6-13)10(17)15-12(16)19/h2-3H,1,4-7H2,(H,15,17,19). The summed E-state index contributed by atoms with van der Waals surface area (Å²) < 4.78 is 1.02. The summed E-state index contributed by atoms with van der Waals surface area (Å²) in [4.78, 5) is 38.4. The molecule has 0 radical (unpaired) electrons. The summed E-state index contributed by atoms with van der Waals surface area (Å²) in [6, 6.07) is 3.31. The molecule has 0 aromatic carbocycles. The molecule has 7 heteroatoms. The highest BCUT2D eigenvalue weighted by atomic mass is 79.9. The zero-order valence-electron chi connectivity index (χ0n) is 10.6. The minimum atomic E-state index is -0.968. The monoisotopic (exact) mass is 356 g/mol. The average Bonchev–Trinajstić information content (AvgIpc) is 2.72. The van der Waals surface area contributed by atoms with Gasteiger partial charge < -0.3 is 0 Å². The van der Waals surface area contributed by atoms with Crippen molar-refractivity contribution in [3.8, 4) is 0 Å². The average molecular weight is 357 g/mol. The van der Waals surface area contributed by atoms with Crippen molar-refractivity contribution in [1.29, 1.82) is 0 Å². The molecule has 0 atom stereocenters. The lowest BCUT2D eigenvalue weighted by Crippen LogP contribution is -2.66. The lowest BCUT2D eigenvalue weighted by Gasteiger charge is -2.44. The summed E-state index contributed by atoms with van der Waals surface area (Å²) in [5.41, 5.74) is -0.968. The quantitative estimate of drug-likeness (QED) is 0.845. The number of hydrogen-bond acceptors (Lipinski definition) is 4. The van der Waals surface area contributed by atoms with Gasteiger partial charge in [-0.25, -0.2) is 4.79 Å². The lowest BCUT2D eigenvalue weighted by molar-refractivity contribution is -0.157. The fourth-order valence-electron chi connectivity index (χ4n) is 2.61. The van der Waals surface area contributed by atoms with Gasteiger partial charge >= 0.3 is 6.03 Å². The van der Waals surface area contributed by atoms with E-state index in [2.05, 4.69) is 21.2 Å². The molecule has 3 rings (SSSR count). The van der Waals surface area contributed by atoms with Crippen molar-refractivity contribution in [1.82, 2.24) is 10.2 Å². The number of carbonyl (C=O) groups is 3. The number of imide groups is 2. The molecule has 0 unspecified atom stereocenters. The molecular formula is C13H13BrN2O3S. The fraction of sp³-hybridized carbons (Fsp3) is 0.462. The molecule has 1 spiro atoms. The van der Waals surface area contributed by atoms with Crippen LogP contribution in [0.4, 0.5) is 4.79 Å². The van der Waals surface area contributed by atoms with E-state index in [-0.39, 0.29) is 5.91 Å². The number of halogens is 1. The van der Waals surface area contributed by atoms with Gasteiger partial charge in [-0.3, -0.25) is 19.8 Å². The first-order valence-electron chi connectivity index (χ1n) is 6.44. The number of nitrogens with zero attached hydrogens (tertiary/aromatic N) is 1. The van der Waals surface area contributed by atoms with E-state index in [1.54, 1.807) is 11.3 Å². The van der Waals surface area contributed by atoms with Crippen molar-refractivity contribution in [3.05, 3.63) is 20.8 Å². The predicted molar refractivity (Wildman–Crippen MR) is 77.3 cm³/mol. The van der Waals surface area contributed by atoms with Crippen LogP contribution in [0.5, 0.6) is 0 Å². The molecule has 0 bridgehead atoms. The minimum Gasteiger partial charge on any atom is -0.277 e. The van der Waals surface area contributed by atoms with E-state index < -0.39 is 17.4 Å². The third-order valence-corrected chi connectivity index (χ3v) is 5.66. The molecule has 1 saturated carbocycles. The van der Waals surface area contributed by atoms with Gasteiger partial charge in [0.1, 0.15) is 5.41 Å². The predicted octanol–water partition coefficient (Wildman–Crippen LogP) is 2.30. The maximum Gasteiger partial charge on any atom is 0.330 e. The van der Waals surface area contributed by atoms with E-state index in [0.717, 1.165) is 15.1 Å². The van der Waals surface area contributed by atoms with Gasteiger partial charge in [-0.15, -0.1) is 11.3 Å². The smallest absolute Gasteiger partial charge is 0.277 e. The Morgan fingerprint density at radius 1 is 1.30 bits per heavy atom. The van der Waals surface area contributed by atoms with Gasteiger partial charge in [0.25, 0.3) is 0 Å². The van der Waals surface area contributed by atoms with Crippen molar-refractivity contribution < 1.29 is 14.4 Å². The third kappa shape index (κ3) is 2.09. The lowest BCUT2D eigenvalue weighted by atomic mass is 9.66. The van der Waals surface area contributed by atoms with Crippen LogP contribution in [0.1, 0.15) is 24.1 Å². The number of thiophene rings is 1. The maximum absolute atomic E-state index is 12.4. The number of amides is 4. The van der Waals surface area contributed by atoms with E-state index in [9.17, 15) is 14.4 Å². The van der Waals surface area contributed by atoms with Crippen LogP contribution in [-0.4, -0.2) is 29.3 Å². The second kappa shape index (κ2) is 4.96. The molecule has 106 valence electrons. The Balaban J connectivity index is 1.73. The summed E-state index contributed by atoms with van der Waals surface area (Å²) in [5.74, 6) is -0.748. The molecular weight excluding hydrogens is 344 g/mol. The Morgan fingerprint density at radius 3 is 2.60 bits per heavy atom. The molecule has 2 fully saturated rings. The summed E-state index contributed by atoms with van der Waals surface area (Å²) in [6.45, 7) is 0.312. The summed E-state index contributed by atoms with van der Waals surface area (Å²) in [5, 5.41) is 2.32. The van der Waals surface area contributed by atoms with Gasteiger partial charge in [-0.1, -0.05) is 6.42 Å². The van der Waals surface area contributed by atoms with Crippen LogP contribution in [0.25, 0.3) is 0 Å². The van der Waals surface area contributed by atoms with Crippen LogP contribution in [0.15, 0.2) is 15.9 Å². The number of nitrogens with one attached hydrogen (secondary N) is 1. The largest absolute Gasteiger partial charge is 0.330 e. The summed E-state index contributed by atoms with van der Waals surface area (Å²) in [7, 11) is 0. The minimum absolute atomic E-state index is 0.312. The molecule has 1 aliphatic carbocycles. The molecule has 2 heterocycles. The van der Waals surface area contributed by atoms with E-state index in [1.807, 2.05) is 12.1 Å². The second-order valence-corrected chi connectivity index (χ2v) is 7.66. The van der Waals surface area contributed by atoms with Crippen molar-refractivity contribution >= 4 is 45.1 Å². The van der Waals surface area contributed by atoms with Gasteiger partial charge in [-0.2, -0.15) is 0 Å². The van der Waals surface area contributed by atoms with Gasteiger partial charge in [0.05, 0.1) is 3.79 Å². The van der Waals surface area contributed by atoms with Crippen molar-refractivity contribution in [2.24, 2.45) is 5.41 Å². The second-order valence-electron chi connectivity index (χ2n) is 5.11. The number of hydrogen-bond donors (Lipinski definition) is 1. The van der Waals surface area contributed by atoms with Gasteiger partial charge in [0, 0.05) is 17.8 Å². The van der Waals surface area contributed by atoms with Crippen molar-refractivity contribution in [2.45, 2.75) is 25.7 Å². The molecule has 4 amide bonds. The van der Waals surface area contributed by atoms with E-state index in [1.165, 1.54) is 4.90 Å². The van der Waals surface area contributed by atoms with E-state index >= 15 is 0 Å². The molecule has 5 nitrogen and oxygen atoms in total. The van der Waals surface area contributed by atoms with Gasteiger partial charge in [0.15, 0.2) is 0 Å². The van der Waals surface area contributed by atoms with Crippen molar-refractivity contribution in [3.63, 3.8) is 0 Å². The van der Waals surface area contributed by atoms with Crippen LogP contribution in [-0.2, 0) is 16.0 Å². The fourth-order valence-corrected chi connectivity index (χ4v) is 4.09. The first-order chi connectivity index (χ1) is 9.53. The third-order valence-electron chi connectivity index (χ3n) is 3.97. The maximum atomic E-state index is 12.4. The van der Waals surface area contributed by atoms with Crippen LogP contribution >= 0.6 is 27.3 Å². The molecule has 1 aromatic heterocycles. The van der Waals surface area contributed by atoms with Crippen LogP contribution in [0.2, 0.25) is 0 Å². The first-order valence-corrected chi connectivity index (χ1v) is 8.05. The highest BCUT2D eigenvalue weighted by molar-refractivity contribution is 9.11. The van der Waals surface area contributed by atoms with E-state index in [0.29, 0.717) is 25.8 Å². The Bertz CT molecular complexity index is 594. The Hall–Kier alpha value is -1.21. The number of rotatable bonds is 3. The van der Waals surface area contributed by atoms with Crippen LogP contribution in [0.3, 0.4) is 0 Å². The number of barbiturate groups is 1. The van der Waals surface area contributed by atoms with E-state index in [4.69, 9.17) is 0 Å². The molecule has 1 saturated heterocycles. The Kier molecular flexibility index (Phi) is 3.41. The SMILES string of the molecule is O=C1NC(=O)C2(CCC2)C(=O)N1CCc1ccc(Br)s1. The van der Waals surface area contributed by atoms with Crippen LogP contribution in [0, 0.1) is 5.41 Å². The number of urea groups is 1. The molecule has 2 aliphatic rings. The zero-order chi connectivity index (χ0) is 14.3.